The second-order valence-corrected chi connectivity index (χ2v) is 7.44. The van der Waals surface area contributed by atoms with E-state index in [9.17, 15) is 4.79 Å². The van der Waals surface area contributed by atoms with Crippen molar-refractivity contribution in [3.8, 4) is 0 Å². The Kier molecular flexibility index (Phi) is 4.27. The maximum absolute atomic E-state index is 13.0. The second kappa shape index (κ2) is 6.28. The molecule has 4 rings (SSSR count). The fourth-order valence-corrected chi connectivity index (χ4v) is 4.66. The van der Waals surface area contributed by atoms with Crippen LogP contribution in [0.2, 0.25) is 0 Å². The van der Waals surface area contributed by atoms with Crippen molar-refractivity contribution < 1.29 is 14.3 Å². The van der Waals surface area contributed by atoms with E-state index < -0.39 is 0 Å². The van der Waals surface area contributed by atoms with Crippen molar-refractivity contribution in [1.29, 1.82) is 0 Å². The molecule has 2 saturated heterocycles. The quantitative estimate of drug-likeness (QED) is 0.924. The summed E-state index contributed by atoms with van der Waals surface area (Å²) in [6, 6.07) is 0. The van der Waals surface area contributed by atoms with Crippen molar-refractivity contribution in [2.45, 2.75) is 51.7 Å². The van der Waals surface area contributed by atoms with E-state index in [0.717, 1.165) is 76.2 Å². The number of Topliss-reactive ketones (excluding diaryl/α,β-unsaturated/α-hetero) is 1. The Morgan fingerprint density at radius 3 is 2.62 bits per heavy atom. The average Bonchev–Trinajstić information content (AvgIpc) is 3.16. The molecule has 1 aliphatic carbocycles. The Morgan fingerprint density at radius 1 is 1.25 bits per heavy atom. The van der Waals surface area contributed by atoms with Crippen LogP contribution in [0.4, 0.5) is 0 Å². The third kappa shape index (κ3) is 2.72. The van der Waals surface area contributed by atoms with E-state index in [1.165, 1.54) is 11.3 Å². The first-order chi connectivity index (χ1) is 11.6. The summed E-state index contributed by atoms with van der Waals surface area (Å²) in [6.45, 7) is 8.46. The number of aromatic amines is 1. The number of carbonyl (C=O) groups excluding carboxylic acids is 1. The number of fused-ring (bicyclic) bond motifs is 1. The zero-order valence-electron chi connectivity index (χ0n) is 14.8. The first kappa shape index (κ1) is 16.3. The molecule has 0 aromatic carbocycles. The molecule has 0 saturated carbocycles. The summed E-state index contributed by atoms with van der Waals surface area (Å²) in [7, 11) is 0. The summed E-state index contributed by atoms with van der Waals surface area (Å²) in [5.74, 6) is 0.163. The van der Waals surface area contributed by atoms with Gasteiger partial charge in [-0.05, 0) is 31.7 Å². The molecule has 1 atom stereocenters. The Balaban J connectivity index is 1.42. The van der Waals surface area contributed by atoms with E-state index in [1.807, 2.05) is 0 Å². The van der Waals surface area contributed by atoms with Crippen LogP contribution in [-0.4, -0.2) is 54.3 Å². The summed E-state index contributed by atoms with van der Waals surface area (Å²) in [5, 5.41) is 0. The van der Waals surface area contributed by atoms with Crippen molar-refractivity contribution in [1.82, 2.24) is 9.88 Å². The molecule has 0 amide bonds. The number of hydrogen-bond acceptors (Lipinski definition) is 4. The molecule has 1 aromatic rings. The van der Waals surface area contributed by atoms with Crippen LogP contribution < -0.4 is 0 Å². The molecule has 3 heterocycles. The van der Waals surface area contributed by atoms with Crippen molar-refractivity contribution in [2.75, 3.05) is 32.8 Å². The number of piperidine rings is 1. The highest BCUT2D eigenvalue weighted by atomic mass is 16.7. The number of aromatic nitrogens is 1. The number of nitrogens with zero attached hydrogens (tertiary/aromatic N) is 1. The molecule has 0 unspecified atom stereocenters. The summed E-state index contributed by atoms with van der Waals surface area (Å²) < 4.78 is 11.6. The number of ether oxygens (including phenoxy) is 2. The lowest BCUT2D eigenvalue weighted by Crippen LogP contribution is -2.47. The van der Waals surface area contributed by atoms with Gasteiger partial charge in [-0.15, -0.1) is 0 Å². The van der Waals surface area contributed by atoms with Crippen molar-refractivity contribution >= 4 is 5.78 Å². The van der Waals surface area contributed by atoms with Crippen molar-refractivity contribution in [2.24, 2.45) is 5.92 Å². The van der Waals surface area contributed by atoms with Gasteiger partial charge in [-0.25, -0.2) is 0 Å². The zero-order chi connectivity index (χ0) is 16.7. The van der Waals surface area contributed by atoms with Crippen LogP contribution in [0.5, 0.6) is 0 Å². The third-order valence-electron chi connectivity index (χ3n) is 6.02. The molecular formula is C19H28N2O3. The Hall–Kier alpha value is -1.17. The van der Waals surface area contributed by atoms with Gasteiger partial charge in [-0.1, -0.05) is 6.92 Å². The van der Waals surface area contributed by atoms with E-state index in [4.69, 9.17) is 9.47 Å². The number of ketones is 1. The van der Waals surface area contributed by atoms with Gasteiger partial charge in [0.05, 0.1) is 13.2 Å². The van der Waals surface area contributed by atoms with Crippen LogP contribution in [-0.2, 0) is 22.3 Å². The fraction of sp³-hybridized carbons (Fsp3) is 0.737. The number of H-pyrrole nitrogens is 1. The van der Waals surface area contributed by atoms with E-state index in [0.29, 0.717) is 5.78 Å². The molecule has 2 fully saturated rings. The molecule has 0 radical (unpaired) electrons. The van der Waals surface area contributed by atoms with Crippen molar-refractivity contribution in [3.05, 3.63) is 22.5 Å². The lowest BCUT2D eigenvalue weighted by Gasteiger charge is -2.39. The van der Waals surface area contributed by atoms with Gasteiger partial charge < -0.3 is 19.4 Å². The lowest BCUT2D eigenvalue weighted by molar-refractivity contribution is -0.185. The number of hydrogen-bond donors (Lipinski definition) is 1. The molecule has 1 aromatic heterocycles. The molecule has 132 valence electrons. The van der Waals surface area contributed by atoms with Gasteiger partial charge >= 0.3 is 0 Å². The number of aryl methyl sites for hydroxylation is 2. The topological polar surface area (TPSA) is 54.6 Å². The molecule has 0 bridgehead atoms. The SMILES string of the molecule is CCc1c(C)[nH]c2c1C(=O)[C@@H](CN1CCC3(CC1)OCCO3)CC2. The minimum Gasteiger partial charge on any atom is -0.362 e. The summed E-state index contributed by atoms with van der Waals surface area (Å²) >= 11 is 0. The third-order valence-corrected chi connectivity index (χ3v) is 6.02. The normalized spacial score (nSPS) is 26.9. The average molecular weight is 332 g/mol. The highest BCUT2D eigenvalue weighted by molar-refractivity contribution is 6.01. The van der Waals surface area contributed by atoms with Crippen LogP contribution in [0.3, 0.4) is 0 Å². The Bertz CT molecular complexity index is 621. The molecule has 1 N–H and O–H groups in total. The lowest BCUT2D eigenvalue weighted by atomic mass is 9.83. The predicted molar refractivity (Wildman–Crippen MR) is 91.4 cm³/mol. The molecule has 2 aliphatic heterocycles. The van der Waals surface area contributed by atoms with E-state index in [2.05, 4.69) is 23.7 Å². The van der Waals surface area contributed by atoms with Crippen LogP contribution >= 0.6 is 0 Å². The maximum atomic E-state index is 13.0. The number of nitrogens with one attached hydrogen (secondary N) is 1. The molecule has 1 spiro atoms. The second-order valence-electron chi connectivity index (χ2n) is 7.44. The van der Waals surface area contributed by atoms with Gasteiger partial charge in [0.25, 0.3) is 0 Å². The number of carbonyl (C=O) groups is 1. The predicted octanol–water partition coefficient (Wildman–Crippen LogP) is 2.47. The van der Waals surface area contributed by atoms with Gasteiger partial charge in [0.2, 0.25) is 0 Å². The van der Waals surface area contributed by atoms with E-state index in [-0.39, 0.29) is 11.7 Å². The fourth-order valence-electron chi connectivity index (χ4n) is 4.66. The molecule has 5 nitrogen and oxygen atoms in total. The summed E-state index contributed by atoms with van der Waals surface area (Å²) in [5.41, 5.74) is 4.56. The summed E-state index contributed by atoms with van der Waals surface area (Å²) in [6.07, 6.45) is 4.72. The molecular weight excluding hydrogens is 304 g/mol. The highest BCUT2D eigenvalue weighted by Gasteiger charge is 2.41. The van der Waals surface area contributed by atoms with Gasteiger partial charge in [-0.3, -0.25) is 4.79 Å². The van der Waals surface area contributed by atoms with Crippen LogP contribution in [0.15, 0.2) is 0 Å². The largest absolute Gasteiger partial charge is 0.362 e. The minimum atomic E-state index is -0.326. The monoisotopic (exact) mass is 332 g/mol. The number of rotatable bonds is 3. The maximum Gasteiger partial charge on any atom is 0.170 e. The van der Waals surface area contributed by atoms with Gasteiger partial charge in [-0.2, -0.15) is 0 Å². The highest BCUT2D eigenvalue weighted by Crippen LogP contribution is 2.34. The standard InChI is InChI=1S/C19H28N2O3/c1-3-15-13(2)20-16-5-4-14(18(22)17(15)16)12-21-8-6-19(7-9-21)23-10-11-24-19/h14,20H,3-12H2,1-2H3/t14-/m1/s1. The molecule has 3 aliphatic rings. The van der Waals surface area contributed by atoms with Crippen LogP contribution in [0.1, 0.15) is 53.5 Å². The Labute approximate surface area is 143 Å². The smallest absolute Gasteiger partial charge is 0.170 e. The van der Waals surface area contributed by atoms with Gasteiger partial charge in [0.1, 0.15) is 0 Å². The van der Waals surface area contributed by atoms with Gasteiger partial charge in [0.15, 0.2) is 11.6 Å². The molecule has 5 heteroatoms. The van der Waals surface area contributed by atoms with Crippen LogP contribution in [0, 0.1) is 12.8 Å². The van der Waals surface area contributed by atoms with E-state index in [1.54, 1.807) is 0 Å². The molecule has 24 heavy (non-hydrogen) atoms. The number of likely N-dealkylation sites (tertiary alicyclic amines) is 1. The zero-order valence-corrected chi connectivity index (χ0v) is 14.8. The van der Waals surface area contributed by atoms with Gasteiger partial charge in [0, 0.05) is 55.3 Å². The first-order valence-corrected chi connectivity index (χ1v) is 9.36. The summed E-state index contributed by atoms with van der Waals surface area (Å²) in [4.78, 5) is 18.9. The Morgan fingerprint density at radius 2 is 1.96 bits per heavy atom. The van der Waals surface area contributed by atoms with E-state index >= 15 is 0 Å². The first-order valence-electron chi connectivity index (χ1n) is 9.36. The van der Waals surface area contributed by atoms with Crippen molar-refractivity contribution in [3.63, 3.8) is 0 Å². The van der Waals surface area contributed by atoms with Crippen LogP contribution in [0.25, 0.3) is 0 Å². The minimum absolute atomic E-state index is 0.137.